The highest BCUT2D eigenvalue weighted by atomic mass is 32.2. The van der Waals surface area contributed by atoms with Gasteiger partial charge >= 0.3 is 6.18 Å². The van der Waals surface area contributed by atoms with Crippen LogP contribution >= 0.6 is 0 Å². The largest absolute Gasteiger partial charge is 0.417 e. The summed E-state index contributed by atoms with van der Waals surface area (Å²) in [6.07, 6.45) is -3.19. The molecule has 0 bridgehead atoms. The van der Waals surface area contributed by atoms with Crippen LogP contribution in [0.3, 0.4) is 0 Å². The van der Waals surface area contributed by atoms with Gasteiger partial charge in [-0.3, -0.25) is 19.3 Å². The molecule has 1 fully saturated rings. The van der Waals surface area contributed by atoms with Crippen molar-refractivity contribution < 1.29 is 31.8 Å². The second-order valence-electron chi connectivity index (χ2n) is 6.36. The summed E-state index contributed by atoms with van der Waals surface area (Å²) in [7, 11) is 0. The highest BCUT2D eigenvalue weighted by Crippen LogP contribution is 2.29. The Morgan fingerprint density at radius 1 is 1.31 bits per heavy atom. The van der Waals surface area contributed by atoms with E-state index < -0.39 is 41.1 Å². The van der Waals surface area contributed by atoms with E-state index in [-0.39, 0.29) is 19.5 Å². The lowest BCUT2D eigenvalue weighted by Gasteiger charge is -2.21. The summed E-state index contributed by atoms with van der Waals surface area (Å²) < 4.78 is 59.4. The molecule has 0 aromatic carbocycles. The highest BCUT2D eigenvalue weighted by Gasteiger charge is 2.41. The van der Waals surface area contributed by atoms with Gasteiger partial charge in [0.2, 0.25) is 17.2 Å². The van der Waals surface area contributed by atoms with E-state index in [1.165, 1.54) is 12.3 Å². The van der Waals surface area contributed by atoms with E-state index in [1.807, 2.05) is 0 Å². The number of nitrogens with one attached hydrogen (secondary N) is 1. The molecular weight excluding hydrogens is 413 g/mol. The van der Waals surface area contributed by atoms with Crippen molar-refractivity contribution in [3.63, 3.8) is 0 Å². The SMILES string of the molecule is O=C(NCc1cc(-c2ccc(C(F)(F)F)cn2)ccn1)C1[C@@H](O)CCN1S(=O)O. The smallest absolute Gasteiger partial charge is 0.391 e. The minimum Gasteiger partial charge on any atom is -0.391 e. The number of halogens is 3. The zero-order valence-corrected chi connectivity index (χ0v) is 15.7. The Balaban J connectivity index is 1.69. The normalized spacial score (nSPS) is 21.1. The van der Waals surface area contributed by atoms with Crippen LogP contribution in [0.5, 0.6) is 0 Å². The Kier molecular flexibility index (Phi) is 6.27. The second-order valence-corrected chi connectivity index (χ2v) is 7.29. The van der Waals surface area contributed by atoms with Gasteiger partial charge < -0.3 is 10.4 Å². The average molecular weight is 430 g/mol. The van der Waals surface area contributed by atoms with Crippen LogP contribution in [0.2, 0.25) is 0 Å². The molecule has 29 heavy (non-hydrogen) atoms. The van der Waals surface area contributed by atoms with Crippen LogP contribution in [0.4, 0.5) is 13.2 Å². The molecule has 1 aliphatic rings. The molecule has 0 saturated carbocycles. The van der Waals surface area contributed by atoms with Gasteiger partial charge in [0.1, 0.15) is 6.04 Å². The van der Waals surface area contributed by atoms with E-state index in [2.05, 4.69) is 15.3 Å². The molecule has 156 valence electrons. The number of aliphatic hydroxyl groups excluding tert-OH is 1. The molecule has 1 saturated heterocycles. The van der Waals surface area contributed by atoms with Crippen LogP contribution in [0.25, 0.3) is 11.3 Å². The Morgan fingerprint density at radius 2 is 2.07 bits per heavy atom. The number of pyridine rings is 2. The van der Waals surface area contributed by atoms with Crippen molar-refractivity contribution in [3.8, 4) is 11.3 Å². The molecule has 2 unspecified atom stereocenters. The molecule has 3 atom stereocenters. The molecule has 3 N–H and O–H groups in total. The Morgan fingerprint density at radius 3 is 2.69 bits per heavy atom. The van der Waals surface area contributed by atoms with Gasteiger partial charge in [-0.15, -0.1) is 0 Å². The molecule has 3 rings (SSSR count). The minimum atomic E-state index is -4.48. The van der Waals surface area contributed by atoms with Gasteiger partial charge in [-0.2, -0.15) is 17.5 Å². The molecular formula is C17H17F3N4O4S. The van der Waals surface area contributed by atoms with Gasteiger partial charge in [0.25, 0.3) is 0 Å². The van der Waals surface area contributed by atoms with Gasteiger partial charge in [-0.25, -0.2) is 4.21 Å². The molecule has 0 spiro atoms. The predicted molar refractivity (Wildman–Crippen MR) is 96.2 cm³/mol. The molecule has 2 aromatic heterocycles. The first-order chi connectivity index (χ1) is 13.7. The lowest BCUT2D eigenvalue weighted by atomic mass is 10.1. The summed E-state index contributed by atoms with van der Waals surface area (Å²) in [4.78, 5) is 20.2. The summed E-state index contributed by atoms with van der Waals surface area (Å²) in [6, 6.07) is 4.14. The van der Waals surface area contributed by atoms with Gasteiger partial charge in [0.15, 0.2) is 0 Å². The van der Waals surface area contributed by atoms with Crippen LogP contribution < -0.4 is 5.32 Å². The van der Waals surface area contributed by atoms with Crippen molar-refractivity contribution >= 4 is 17.2 Å². The molecule has 0 radical (unpaired) electrons. The number of carbonyl (C=O) groups is 1. The molecule has 2 aromatic rings. The number of hydrogen-bond acceptors (Lipinski definition) is 5. The fourth-order valence-electron chi connectivity index (χ4n) is 2.98. The Hall–Kier alpha value is -2.41. The van der Waals surface area contributed by atoms with E-state index in [4.69, 9.17) is 0 Å². The van der Waals surface area contributed by atoms with Crippen molar-refractivity contribution in [2.75, 3.05) is 6.54 Å². The molecule has 3 heterocycles. The van der Waals surface area contributed by atoms with Crippen LogP contribution in [0.1, 0.15) is 17.7 Å². The third-order valence-corrected chi connectivity index (χ3v) is 5.25. The molecule has 12 heteroatoms. The summed E-state index contributed by atoms with van der Waals surface area (Å²) in [5, 5.41) is 12.4. The highest BCUT2D eigenvalue weighted by molar-refractivity contribution is 7.76. The summed E-state index contributed by atoms with van der Waals surface area (Å²) in [6.45, 7) is 0.0676. The number of aliphatic hydroxyl groups is 1. The number of hydrogen-bond donors (Lipinski definition) is 3. The Labute approximate surface area is 166 Å². The summed E-state index contributed by atoms with van der Waals surface area (Å²) >= 11 is -2.39. The first kappa shape index (κ1) is 21.3. The maximum absolute atomic E-state index is 12.6. The summed E-state index contributed by atoms with van der Waals surface area (Å²) in [5.41, 5.74) is 0.364. The minimum absolute atomic E-state index is 0.0393. The molecule has 8 nitrogen and oxygen atoms in total. The first-order valence-electron chi connectivity index (χ1n) is 8.49. The number of carbonyl (C=O) groups excluding carboxylic acids is 1. The van der Waals surface area contributed by atoms with Gasteiger partial charge in [0.05, 0.1) is 29.6 Å². The molecule has 0 aliphatic carbocycles. The van der Waals surface area contributed by atoms with Gasteiger partial charge in [-0.1, -0.05) is 0 Å². The Bertz CT molecular complexity index is 910. The fraction of sp³-hybridized carbons (Fsp3) is 0.353. The molecule has 1 aliphatic heterocycles. The zero-order chi connectivity index (χ0) is 21.2. The van der Waals surface area contributed by atoms with Gasteiger partial charge in [-0.05, 0) is 30.7 Å². The van der Waals surface area contributed by atoms with Crippen molar-refractivity contribution in [3.05, 3.63) is 47.9 Å². The monoisotopic (exact) mass is 430 g/mol. The topological polar surface area (TPSA) is 116 Å². The van der Waals surface area contributed by atoms with E-state index in [9.17, 15) is 31.8 Å². The van der Waals surface area contributed by atoms with E-state index in [0.29, 0.717) is 17.0 Å². The van der Waals surface area contributed by atoms with E-state index in [0.717, 1.165) is 16.6 Å². The predicted octanol–water partition coefficient (Wildman–Crippen LogP) is 1.35. The summed E-state index contributed by atoms with van der Waals surface area (Å²) in [5.74, 6) is -0.628. The van der Waals surface area contributed by atoms with Crippen LogP contribution in [-0.4, -0.2) is 52.7 Å². The maximum Gasteiger partial charge on any atom is 0.417 e. The van der Waals surface area contributed by atoms with Crippen molar-refractivity contribution in [1.29, 1.82) is 0 Å². The third-order valence-electron chi connectivity index (χ3n) is 4.44. The lowest BCUT2D eigenvalue weighted by molar-refractivity contribution is -0.137. The number of aromatic nitrogens is 2. The van der Waals surface area contributed by atoms with Crippen molar-refractivity contribution in [2.24, 2.45) is 0 Å². The third kappa shape index (κ3) is 4.96. The van der Waals surface area contributed by atoms with Crippen molar-refractivity contribution in [1.82, 2.24) is 19.6 Å². The first-order valence-corrected chi connectivity index (χ1v) is 9.55. The molecule has 1 amide bonds. The van der Waals surface area contributed by atoms with E-state index >= 15 is 0 Å². The number of rotatable bonds is 5. The second kappa shape index (κ2) is 8.53. The van der Waals surface area contributed by atoms with Crippen LogP contribution in [0.15, 0.2) is 36.7 Å². The quantitative estimate of drug-likeness (QED) is 0.617. The number of amides is 1. The van der Waals surface area contributed by atoms with E-state index in [1.54, 1.807) is 12.1 Å². The fourth-order valence-corrected chi connectivity index (χ4v) is 3.67. The number of nitrogens with zero attached hydrogens (tertiary/aromatic N) is 3. The lowest BCUT2D eigenvalue weighted by Crippen LogP contribution is -2.48. The standard InChI is InChI=1S/C17H17F3N4O4S/c18-17(19,20)11-1-2-13(22-8-11)10-3-5-21-12(7-10)9-23-16(26)15-14(25)4-6-24(15)29(27)28/h1-3,5,7-8,14-15,25H,4,6,9H2,(H,23,26)(H,27,28)/t14-,15?/m0/s1. The van der Waals surface area contributed by atoms with Crippen LogP contribution in [-0.2, 0) is 28.8 Å². The van der Waals surface area contributed by atoms with Crippen LogP contribution in [0, 0.1) is 0 Å². The van der Waals surface area contributed by atoms with Gasteiger partial charge in [0, 0.05) is 24.5 Å². The zero-order valence-electron chi connectivity index (χ0n) is 14.8. The van der Waals surface area contributed by atoms with Crippen molar-refractivity contribution in [2.45, 2.75) is 31.3 Å². The maximum atomic E-state index is 12.6. The average Bonchev–Trinajstić information content (AvgIpc) is 3.08. The number of alkyl halides is 3.